The van der Waals surface area contributed by atoms with E-state index >= 15 is 0 Å². The van der Waals surface area contributed by atoms with Gasteiger partial charge in [0.1, 0.15) is 15.8 Å². The first-order valence-corrected chi connectivity index (χ1v) is 6.29. The first-order chi connectivity index (χ1) is 9.13. The standard InChI is InChI=1S/C13H10Cl2N2O2/c1-18-8-5-7-11-6(3-9(14)16-7)4-10(15)17-12(11)13(8)19-2/h3-5,16H,1-2H3. The van der Waals surface area contributed by atoms with Crippen LogP contribution in [0.4, 0.5) is 5.69 Å². The van der Waals surface area contributed by atoms with E-state index in [0.717, 1.165) is 16.6 Å². The third-order valence-corrected chi connectivity index (χ3v) is 3.36. The second-order valence-corrected chi connectivity index (χ2v) is 4.83. The van der Waals surface area contributed by atoms with Crippen LogP contribution in [0.15, 0.2) is 17.3 Å². The van der Waals surface area contributed by atoms with Crippen LogP contribution in [0.5, 0.6) is 11.5 Å². The number of aromatic nitrogens is 1. The molecule has 0 saturated carbocycles. The van der Waals surface area contributed by atoms with Gasteiger partial charge >= 0.3 is 0 Å². The van der Waals surface area contributed by atoms with Crippen LogP contribution in [0.3, 0.4) is 0 Å². The Hall–Kier alpha value is -1.65. The summed E-state index contributed by atoms with van der Waals surface area (Å²) in [6.07, 6.45) is 1.80. The zero-order valence-corrected chi connectivity index (χ0v) is 11.8. The summed E-state index contributed by atoms with van der Waals surface area (Å²) in [5, 5.41) is 4.88. The summed E-state index contributed by atoms with van der Waals surface area (Å²) in [5.41, 5.74) is 2.36. The number of halogens is 2. The number of ether oxygens (including phenoxy) is 2. The fourth-order valence-electron chi connectivity index (χ4n) is 2.23. The molecule has 3 rings (SSSR count). The highest BCUT2D eigenvalue weighted by atomic mass is 35.5. The number of pyridine rings is 1. The van der Waals surface area contributed by atoms with Crippen LogP contribution in [-0.2, 0) is 0 Å². The molecule has 1 aromatic carbocycles. The van der Waals surface area contributed by atoms with Crippen molar-refractivity contribution < 1.29 is 9.47 Å². The Morgan fingerprint density at radius 3 is 2.63 bits per heavy atom. The normalized spacial score (nSPS) is 12.9. The lowest BCUT2D eigenvalue weighted by Gasteiger charge is -2.20. The van der Waals surface area contributed by atoms with Crippen molar-refractivity contribution >= 4 is 45.9 Å². The third kappa shape index (κ3) is 1.88. The van der Waals surface area contributed by atoms with E-state index in [0.29, 0.717) is 27.3 Å². The van der Waals surface area contributed by atoms with E-state index in [4.69, 9.17) is 32.7 Å². The minimum atomic E-state index is 0.377. The highest BCUT2D eigenvalue weighted by molar-refractivity contribution is 6.35. The molecule has 1 N–H and O–H groups in total. The van der Waals surface area contributed by atoms with Crippen LogP contribution in [0.1, 0.15) is 5.56 Å². The lowest BCUT2D eigenvalue weighted by atomic mass is 10.0. The number of hydrogen-bond donors (Lipinski definition) is 1. The van der Waals surface area contributed by atoms with E-state index in [1.807, 2.05) is 6.07 Å². The fraction of sp³-hybridized carbons (Fsp3) is 0.154. The molecule has 0 saturated heterocycles. The van der Waals surface area contributed by atoms with Gasteiger partial charge in [-0.05, 0) is 17.7 Å². The lowest BCUT2D eigenvalue weighted by molar-refractivity contribution is 0.358. The maximum absolute atomic E-state index is 6.07. The van der Waals surface area contributed by atoms with E-state index in [1.165, 1.54) is 0 Å². The monoisotopic (exact) mass is 296 g/mol. The van der Waals surface area contributed by atoms with Crippen LogP contribution in [-0.4, -0.2) is 19.2 Å². The summed E-state index contributed by atoms with van der Waals surface area (Å²) < 4.78 is 10.7. The van der Waals surface area contributed by atoms with Gasteiger partial charge in [0.05, 0.1) is 19.9 Å². The van der Waals surface area contributed by atoms with Crippen molar-refractivity contribution in [2.45, 2.75) is 0 Å². The summed E-state index contributed by atoms with van der Waals surface area (Å²) in [4.78, 5) is 4.33. The van der Waals surface area contributed by atoms with Crippen molar-refractivity contribution in [3.63, 3.8) is 0 Å². The van der Waals surface area contributed by atoms with Gasteiger partial charge in [0.15, 0.2) is 11.5 Å². The first kappa shape index (κ1) is 12.4. The maximum Gasteiger partial charge on any atom is 0.187 e. The largest absolute Gasteiger partial charge is 0.493 e. The highest BCUT2D eigenvalue weighted by Crippen LogP contribution is 2.44. The Morgan fingerprint density at radius 1 is 1.16 bits per heavy atom. The highest BCUT2D eigenvalue weighted by Gasteiger charge is 2.21. The van der Waals surface area contributed by atoms with Crippen molar-refractivity contribution in [2.75, 3.05) is 19.5 Å². The van der Waals surface area contributed by atoms with Gasteiger partial charge in [-0.3, -0.25) is 0 Å². The molecule has 0 atom stereocenters. The summed E-state index contributed by atoms with van der Waals surface area (Å²) in [6, 6.07) is 3.60. The second-order valence-electron chi connectivity index (χ2n) is 4.03. The predicted molar refractivity (Wildman–Crippen MR) is 77.3 cm³/mol. The van der Waals surface area contributed by atoms with Crippen molar-refractivity contribution in [3.05, 3.63) is 28.0 Å². The van der Waals surface area contributed by atoms with Crippen LogP contribution in [0.25, 0.3) is 17.0 Å². The molecule has 0 radical (unpaired) electrons. The van der Waals surface area contributed by atoms with Gasteiger partial charge in [-0.25, -0.2) is 4.98 Å². The smallest absolute Gasteiger partial charge is 0.187 e. The van der Waals surface area contributed by atoms with Crippen LogP contribution in [0.2, 0.25) is 5.15 Å². The predicted octanol–water partition coefficient (Wildman–Crippen LogP) is 3.87. The minimum absolute atomic E-state index is 0.377. The van der Waals surface area contributed by atoms with E-state index in [-0.39, 0.29) is 0 Å². The minimum Gasteiger partial charge on any atom is -0.493 e. The molecule has 0 unspecified atom stereocenters. The van der Waals surface area contributed by atoms with Crippen LogP contribution < -0.4 is 14.8 Å². The van der Waals surface area contributed by atoms with Gasteiger partial charge in [-0.1, -0.05) is 23.2 Å². The molecule has 6 heteroatoms. The molecule has 0 amide bonds. The zero-order valence-electron chi connectivity index (χ0n) is 10.3. The SMILES string of the molecule is COc1cc2c3c(cc(Cl)nc3c1OC)C=C(Cl)N2. The molecule has 4 nitrogen and oxygen atoms in total. The second kappa shape index (κ2) is 4.47. The van der Waals surface area contributed by atoms with Gasteiger partial charge in [-0.2, -0.15) is 0 Å². The van der Waals surface area contributed by atoms with Crippen LogP contribution >= 0.6 is 23.2 Å². The number of hydrogen-bond acceptors (Lipinski definition) is 4. The van der Waals surface area contributed by atoms with E-state index in [1.54, 1.807) is 26.4 Å². The maximum atomic E-state index is 6.07. The van der Waals surface area contributed by atoms with Crippen LogP contribution in [0, 0.1) is 0 Å². The number of benzene rings is 1. The van der Waals surface area contributed by atoms with E-state index < -0.39 is 0 Å². The van der Waals surface area contributed by atoms with Crippen molar-refractivity contribution in [1.29, 1.82) is 0 Å². The summed E-state index contributed by atoms with van der Waals surface area (Å²) >= 11 is 12.1. The molecule has 0 aliphatic carbocycles. The lowest BCUT2D eigenvalue weighted by Crippen LogP contribution is -2.04. The van der Waals surface area contributed by atoms with Gasteiger partial charge in [-0.15, -0.1) is 0 Å². The average molecular weight is 297 g/mol. The molecular formula is C13H10Cl2N2O2. The molecule has 0 bridgehead atoms. The Morgan fingerprint density at radius 2 is 1.95 bits per heavy atom. The zero-order chi connectivity index (χ0) is 13.6. The van der Waals surface area contributed by atoms with Crippen molar-refractivity contribution in [3.8, 4) is 11.5 Å². The summed E-state index contributed by atoms with van der Waals surface area (Å²) in [7, 11) is 3.14. The molecule has 2 heterocycles. The van der Waals surface area contributed by atoms with E-state index in [9.17, 15) is 0 Å². The first-order valence-electron chi connectivity index (χ1n) is 5.53. The number of nitrogens with zero attached hydrogens (tertiary/aromatic N) is 1. The molecule has 1 aromatic heterocycles. The number of rotatable bonds is 2. The molecule has 0 fully saturated rings. The fourth-order valence-corrected chi connectivity index (χ4v) is 2.65. The third-order valence-electron chi connectivity index (χ3n) is 2.96. The number of anilines is 1. The Kier molecular flexibility index (Phi) is 2.92. The topological polar surface area (TPSA) is 43.4 Å². The van der Waals surface area contributed by atoms with Gasteiger partial charge in [0.25, 0.3) is 0 Å². The molecule has 98 valence electrons. The average Bonchev–Trinajstić information content (AvgIpc) is 2.36. The van der Waals surface area contributed by atoms with Gasteiger partial charge in [0, 0.05) is 11.5 Å². The Balaban J connectivity index is 2.48. The molecule has 1 aliphatic heterocycles. The van der Waals surface area contributed by atoms with Crippen molar-refractivity contribution in [2.24, 2.45) is 0 Å². The Bertz CT molecular complexity index is 714. The number of nitrogens with one attached hydrogen (secondary N) is 1. The molecule has 19 heavy (non-hydrogen) atoms. The molecule has 0 spiro atoms. The quantitative estimate of drug-likeness (QED) is 0.675. The summed E-state index contributed by atoms with van der Waals surface area (Å²) in [6.45, 7) is 0. The van der Waals surface area contributed by atoms with Crippen molar-refractivity contribution in [1.82, 2.24) is 4.98 Å². The molecule has 1 aliphatic rings. The summed E-state index contributed by atoms with van der Waals surface area (Å²) in [5.74, 6) is 1.13. The Labute approximate surface area is 119 Å². The molecule has 2 aromatic rings. The molecular weight excluding hydrogens is 287 g/mol. The van der Waals surface area contributed by atoms with Gasteiger partial charge < -0.3 is 14.8 Å². The van der Waals surface area contributed by atoms with E-state index in [2.05, 4.69) is 10.3 Å². The van der Waals surface area contributed by atoms with Gasteiger partial charge in [0.2, 0.25) is 0 Å². The number of methoxy groups -OCH3 is 2.